The predicted molar refractivity (Wildman–Crippen MR) is 167 cm³/mol. The quantitative estimate of drug-likeness (QED) is 0.300. The molecule has 0 bridgehead atoms. The number of halogens is 2. The molecule has 2 amide bonds. The summed E-state index contributed by atoms with van der Waals surface area (Å²) in [5.74, 6) is -3.42. The highest BCUT2D eigenvalue weighted by Gasteiger charge is 2.55. The summed E-state index contributed by atoms with van der Waals surface area (Å²) in [6, 6.07) is 2.09. The van der Waals surface area contributed by atoms with E-state index in [0.29, 0.717) is 24.1 Å². The molecule has 1 aromatic rings. The van der Waals surface area contributed by atoms with Crippen LogP contribution in [0.25, 0.3) is 0 Å². The van der Waals surface area contributed by atoms with Gasteiger partial charge in [-0.2, -0.15) is 0 Å². The summed E-state index contributed by atoms with van der Waals surface area (Å²) in [6.07, 6.45) is 0.243. The SMILES string of the molecule is CCC[C@H](CC(=O)[C@@H]1C[C@]2(CC(c3ccc(F)c(Cl)c3)=NO2)CN1C(=O)[C@@H](NC(=O)OC(C)(C)C)C(C)(C)C)C(=O)C(=O)CC. The molecule has 1 saturated heterocycles. The first kappa shape index (κ1) is 36.1. The number of carbonyl (C=O) groups excluding carboxylic acids is 5. The highest BCUT2D eigenvalue weighted by Crippen LogP contribution is 2.41. The van der Waals surface area contributed by atoms with Gasteiger partial charge in [-0.1, -0.05) is 63.9 Å². The Morgan fingerprint density at radius 3 is 2.38 bits per heavy atom. The minimum Gasteiger partial charge on any atom is -0.444 e. The van der Waals surface area contributed by atoms with E-state index in [1.807, 2.05) is 6.92 Å². The third kappa shape index (κ3) is 8.89. The molecule has 2 heterocycles. The molecule has 4 atom stereocenters. The van der Waals surface area contributed by atoms with Crippen LogP contribution in [0, 0.1) is 17.2 Å². The van der Waals surface area contributed by atoms with Crippen molar-refractivity contribution in [1.82, 2.24) is 10.2 Å². The standard InChI is InChI=1S/C33H45ClFN3O7/c1-9-11-20(27(41)25(39)10-2)15-26(40)24-17-33(16-23(37-45-33)19-12-13-22(35)21(34)14-19)18-38(24)29(42)28(31(3,4)5)36-30(43)44-32(6,7)8/h12-14,20,24,28H,9-11,15-18H2,1-8H3,(H,36,43)/t20-,24+,28-,33-/m1/s1. The Bertz CT molecular complexity index is 1370. The maximum Gasteiger partial charge on any atom is 0.408 e. The summed E-state index contributed by atoms with van der Waals surface area (Å²) < 4.78 is 19.3. The fourth-order valence-electron chi connectivity index (χ4n) is 5.71. The molecule has 1 aromatic carbocycles. The molecule has 2 aliphatic rings. The van der Waals surface area contributed by atoms with Gasteiger partial charge in [0.2, 0.25) is 11.7 Å². The molecule has 0 radical (unpaired) electrons. The second kappa shape index (κ2) is 14.0. The average molecular weight is 650 g/mol. The highest BCUT2D eigenvalue weighted by molar-refractivity contribution is 6.38. The first-order chi connectivity index (χ1) is 20.8. The van der Waals surface area contributed by atoms with Gasteiger partial charge in [0.25, 0.3) is 0 Å². The monoisotopic (exact) mass is 649 g/mol. The van der Waals surface area contributed by atoms with Crippen molar-refractivity contribution in [2.24, 2.45) is 16.5 Å². The normalized spacial score (nSPS) is 21.2. The lowest BCUT2D eigenvalue weighted by molar-refractivity contribution is -0.143. The Balaban J connectivity index is 1.96. The number of amides is 2. The number of hydrogen-bond acceptors (Lipinski definition) is 8. The van der Waals surface area contributed by atoms with E-state index >= 15 is 0 Å². The number of rotatable bonds is 11. The Morgan fingerprint density at radius 2 is 1.82 bits per heavy atom. The van der Waals surface area contributed by atoms with Gasteiger partial charge >= 0.3 is 6.09 Å². The molecule has 1 fully saturated rings. The van der Waals surface area contributed by atoms with E-state index in [1.54, 1.807) is 48.5 Å². The number of nitrogens with zero attached hydrogens (tertiary/aromatic N) is 2. The molecule has 1 N–H and O–H groups in total. The van der Waals surface area contributed by atoms with Crippen molar-refractivity contribution in [2.75, 3.05) is 6.54 Å². The van der Waals surface area contributed by atoms with Gasteiger partial charge in [0, 0.05) is 37.2 Å². The van der Waals surface area contributed by atoms with Crippen molar-refractivity contribution in [3.63, 3.8) is 0 Å². The lowest BCUT2D eigenvalue weighted by Gasteiger charge is -2.36. The highest BCUT2D eigenvalue weighted by atomic mass is 35.5. The van der Waals surface area contributed by atoms with Crippen molar-refractivity contribution in [1.29, 1.82) is 0 Å². The number of nitrogens with one attached hydrogen (secondary N) is 1. The van der Waals surface area contributed by atoms with E-state index in [-0.39, 0.29) is 43.0 Å². The zero-order valence-corrected chi connectivity index (χ0v) is 28.2. The molecule has 2 aliphatic heterocycles. The van der Waals surface area contributed by atoms with E-state index in [1.165, 1.54) is 23.1 Å². The summed E-state index contributed by atoms with van der Waals surface area (Å²) in [4.78, 5) is 73.6. The fourth-order valence-corrected chi connectivity index (χ4v) is 5.89. The summed E-state index contributed by atoms with van der Waals surface area (Å²) in [5.41, 5.74) is -1.67. The van der Waals surface area contributed by atoms with E-state index in [9.17, 15) is 28.4 Å². The lowest BCUT2D eigenvalue weighted by atomic mass is 9.84. The molecular weight excluding hydrogens is 605 g/mol. The van der Waals surface area contributed by atoms with Crippen LogP contribution in [0.15, 0.2) is 23.4 Å². The van der Waals surface area contributed by atoms with Crippen LogP contribution < -0.4 is 5.32 Å². The van der Waals surface area contributed by atoms with Crippen LogP contribution in [-0.4, -0.2) is 69.8 Å². The molecule has 3 rings (SSSR count). The number of benzene rings is 1. The Hall–Kier alpha value is -3.34. The van der Waals surface area contributed by atoms with Gasteiger partial charge < -0.3 is 19.8 Å². The first-order valence-corrected chi connectivity index (χ1v) is 15.8. The molecule has 0 aliphatic carbocycles. The van der Waals surface area contributed by atoms with Crippen LogP contribution in [0.5, 0.6) is 0 Å². The molecule has 248 valence electrons. The third-order valence-electron chi connectivity index (χ3n) is 7.97. The number of ketones is 3. The minimum atomic E-state index is -1.09. The van der Waals surface area contributed by atoms with Gasteiger partial charge in [0.05, 0.1) is 23.3 Å². The molecule has 10 nitrogen and oxygen atoms in total. The Labute approximate surface area is 269 Å². The number of oxime groups is 1. The average Bonchev–Trinajstić information content (AvgIpc) is 3.53. The van der Waals surface area contributed by atoms with E-state index < -0.39 is 64.0 Å². The zero-order valence-electron chi connectivity index (χ0n) is 27.4. The van der Waals surface area contributed by atoms with Crippen molar-refractivity contribution in [3.05, 3.63) is 34.6 Å². The Morgan fingerprint density at radius 1 is 1.16 bits per heavy atom. The molecular formula is C33H45ClFN3O7. The maximum absolute atomic E-state index is 14.3. The molecule has 1 spiro atoms. The van der Waals surface area contributed by atoms with E-state index in [4.69, 9.17) is 21.2 Å². The van der Waals surface area contributed by atoms with Crippen LogP contribution in [0.1, 0.15) is 99.5 Å². The van der Waals surface area contributed by atoms with Gasteiger partial charge in [-0.05, 0) is 44.7 Å². The van der Waals surface area contributed by atoms with Crippen LogP contribution in [-0.2, 0) is 28.8 Å². The zero-order chi connectivity index (χ0) is 33.9. The van der Waals surface area contributed by atoms with Crippen molar-refractivity contribution in [2.45, 2.75) is 117 Å². The summed E-state index contributed by atoms with van der Waals surface area (Å²) >= 11 is 6.00. The second-order valence-corrected chi connectivity index (χ2v) is 14.5. The third-order valence-corrected chi connectivity index (χ3v) is 8.26. The topological polar surface area (TPSA) is 131 Å². The van der Waals surface area contributed by atoms with Crippen molar-refractivity contribution < 1.29 is 37.9 Å². The van der Waals surface area contributed by atoms with Crippen LogP contribution >= 0.6 is 11.6 Å². The summed E-state index contributed by atoms with van der Waals surface area (Å²) in [5, 5.41) is 6.85. The predicted octanol–water partition coefficient (Wildman–Crippen LogP) is 5.81. The lowest BCUT2D eigenvalue weighted by Crippen LogP contribution is -2.57. The minimum absolute atomic E-state index is 0.0347. The fraction of sp³-hybridized carbons (Fsp3) is 0.636. The summed E-state index contributed by atoms with van der Waals surface area (Å²) in [6.45, 7) is 13.9. The largest absolute Gasteiger partial charge is 0.444 e. The second-order valence-electron chi connectivity index (χ2n) is 14.0. The molecule has 0 aromatic heterocycles. The van der Waals surface area contributed by atoms with Crippen LogP contribution in [0.3, 0.4) is 0 Å². The van der Waals surface area contributed by atoms with Crippen LogP contribution in [0.4, 0.5) is 9.18 Å². The van der Waals surface area contributed by atoms with Crippen LogP contribution in [0.2, 0.25) is 5.02 Å². The van der Waals surface area contributed by atoms with Gasteiger partial charge in [0.15, 0.2) is 17.2 Å². The molecule has 12 heteroatoms. The van der Waals surface area contributed by atoms with E-state index in [0.717, 1.165) is 0 Å². The maximum atomic E-state index is 14.3. The number of alkyl carbamates (subject to hydrolysis) is 1. The van der Waals surface area contributed by atoms with Gasteiger partial charge in [-0.3, -0.25) is 19.2 Å². The molecule has 0 unspecified atom stereocenters. The number of carbonyl (C=O) groups is 5. The van der Waals surface area contributed by atoms with Gasteiger partial charge in [0.1, 0.15) is 17.5 Å². The molecule has 45 heavy (non-hydrogen) atoms. The number of Topliss-reactive ketones (excluding diaryl/α,β-unsaturated/α-hetero) is 3. The van der Waals surface area contributed by atoms with Crippen molar-refractivity contribution in [3.8, 4) is 0 Å². The van der Waals surface area contributed by atoms with Crippen molar-refractivity contribution >= 4 is 46.7 Å². The molecule has 0 saturated carbocycles. The number of hydrogen-bond donors (Lipinski definition) is 1. The Kier molecular flexibility index (Phi) is 11.2. The van der Waals surface area contributed by atoms with E-state index in [2.05, 4.69) is 10.5 Å². The van der Waals surface area contributed by atoms with Gasteiger partial charge in [-0.25, -0.2) is 9.18 Å². The van der Waals surface area contributed by atoms with Gasteiger partial charge in [-0.15, -0.1) is 0 Å². The first-order valence-electron chi connectivity index (χ1n) is 15.4. The number of ether oxygens (including phenoxy) is 1. The smallest absolute Gasteiger partial charge is 0.408 e. The summed E-state index contributed by atoms with van der Waals surface area (Å²) in [7, 11) is 0. The number of likely N-dealkylation sites (tertiary alicyclic amines) is 1.